The number of methoxy groups -OCH3 is 1. The van der Waals surface area contributed by atoms with Crippen molar-refractivity contribution in [2.75, 3.05) is 26.8 Å². The van der Waals surface area contributed by atoms with E-state index < -0.39 is 6.10 Å². The van der Waals surface area contributed by atoms with Crippen molar-refractivity contribution in [1.82, 2.24) is 15.2 Å². The van der Waals surface area contributed by atoms with Gasteiger partial charge in [0, 0.05) is 25.7 Å². The molecule has 0 unspecified atom stereocenters. The van der Waals surface area contributed by atoms with Gasteiger partial charge in [-0.2, -0.15) is 0 Å². The fraction of sp³-hybridized carbons (Fsp3) is 0.368. The first-order valence-electron chi connectivity index (χ1n) is 8.40. The van der Waals surface area contributed by atoms with Gasteiger partial charge in [0.1, 0.15) is 6.10 Å². The molecule has 0 spiro atoms. The zero-order valence-corrected chi connectivity index (χ0v) is 14.4. The Kier molecular flexibility index (Phi) is 5.98. The van der Waals surface area contributed by atoms with E-state index in [-0.39, 0.29) is 5.91 Å². The van der Waals surface area contributed by atoms with Crippen LogP contribution in [-0.2, 0) is 22.6 Å². The van der Waals surface area contributed by atoms with Crippen LogP contribution < -0.4 is 10.1 Å². The molecule has 0 aliphatic carbocycles. The lowest BCUT2D eigenvalue weighted by Gasteiger charge is -2.32. The summed E-state index contributed by atoms with van der Waals surface area (Å²) >= 11 is 0. The van der Waals surface area contributed by atoms with Crippen LogP contribution in [0.5, 0.6) is 5.88 Å². The molecule has 1 aliphatic heterocycles. The van der Waals surface area contributed by atoms with Gasteiger partial charge in [-0.1, -0.05) is 36.4 Å². The lowest BCUT2D eigenvalue weighted by atomic mass is 10.2. The van der Waals surface area contributed by atoms with Gasteiger partial charge in [0.05, 0.1) is 26.0 Å². The number of amides is 1. The number of nitrogens with one attached hydrogen (secondary N) is 1. The van der Waals surface area contributed by atoms with Crippen molar-refractivity contribution in [2.45, 2.75) is 19.2 Å². The Morgan fingerprint density at radius 3 is 2.92 bits per heavy atom. The summed E-state index contributed by atoms with van der Waals surface area (Å²) in [6.07, 6.45) is -0.455. The molecule has 6 nitrogen and oxygen atoms in total. The number of aromatic nitrogens is 1. The maximum Gasteiger partial charge on any atom is 0.250 e. The Labute approximate surface area is 147 Å². The van der Waals surface area contributed by atoms with Gasteiger partial charge in [-0.25, -0.2) is 4.98 Å². The lowest BCUT2D eigenvalue weighted by molar-refractivity contribution is -0.139. The number of hydrogen-bond donors (Lipinski definition) is 1. The smallest absolute Gasteiger partial charge is 0.250 e. The Morgan fingerprint density at radius 1 is 1.28 bits per heavy atom. The highest BCUT2D eigenvalue weighted by Gasteiger charge is 2.26. The van der Waals surface area contributed by atoms with Crippen LogP contribution in [0.4, 0.5) is 0 Å². The van der Waals surface area contributed by atoms with Crippen molar-refractivity contribution < 1.29 is 14.3 Å². The van der Waals surface area contributed by atoms with Crippen molar-refractivity contribution in [3.05, 3.63) is 59.8 Å². The van der Waals surface area contributed by atoms with Crippen LogP contribution in [0, 0.1) is 0 Å². The average molecular weight is 341 g/mol. The fourth-order valence-electron chi connectivity index (χ4n) is 2.81. The summed E-state index contributed by atoms with van der Waals surface area (Å²) in [6.45, 7) is 3.16. The number of carbonyl (C=O) groups excluding carboxylic acids is 1. The van der Waals surface area contributed by atoms with Crippen molar-refractivity contribution in [3.63, 3.8) is 0 Å². The Balaban J connectivity index is 1.51. The molecule has 1 saturated heterocycles. The molecular weight excluding hydrogens is 318 g/mol. The molecule has 132 valence electrons. The molecule has 1 aromatic carbocycles. The molecule has 2 heterocycles. The zero-order chi connectivity index (χ0) is 17.5. The summed E-state index contributed by atoms with van der Waals surface area (Å²) in [7, 11) is 1.57. The first-order chi connectivity index (χ1) is 12.2. The molecule has 1 atom stereocenters. The second-order valence-corrected chi connectivity index (χ2v) is 5.97. The summed E-state index contributed by atoms with van der Waals surface area (Å²) in [5.41, 5.74) is 1.99. The maximum atomic E-state index is 12.4. The van der Waals surface area contributed by atoms with E-state index in [4.69, 9.17) is 9.47 Å². The van der Waals surface area contributed by atoms with Crippen LogP contribution in [0.3, 0.4) is 0 Å². The highest BCUT2D eigenvalue weighted by Crippen LogP contribution is 2.11. The first kappa shape index (κ1) is 17.4. The summed E-state index contributed by atoms with van der Waals surface area (Å²) in [4.78, 5) is 18.9. The van der Waals surface area contributed by atoms with E-state index in [2.05, 4.69) is 27.3 Å². The minimum atomic E-state index is -0.455. The third-order valence-corrected chi connectivity index (χ3v) is 4.13. The van der Waals surface area contributed by atoms with E-state index >= 15 is 0 Å². The van der Waals surface area contributed by atoms with Gasteiger partial charge in [0.15, 0.2) is 0 Å². The lowest BCUT2D eigenvalue weighted by Crippen LogP contribution is -2.49. The van der Waals surface area contributed by atoms with Gasteiger partial charge in [-0.15, -0.1) is 0 Å². The minimum Gasteiger partial charge on any atom is -0.481 e. The second-order valence-electron chi connectivity index (χ2n) is 5.97. The number of morpholine rings is 1. The topological polar surface area (TPSA) is 63.7 Å². The quantitative estimate of drug-likeness (QED) is 0.865. The van der Waals surface area contributed by atoms with Gasteiger partial charge < -0.3 is 14.8 Å². The van der Waals surface area contributed by atoms with Crippen molar-refractivity contribution in [1.29, 1.82) is 0 Å². The molecule has 0 radical (unpaired) electrons. The van der Waals surface area contributed by atoms with Gasteiger partial charge in [0.25, 0.3) is 5.91 Å². The molecule has 6 heteroatoms. The number of carbonyl (C=O) groups is 1. The predicted molar refractivity (Wildman–Crippen MR) is 94.1 cm³/mol. The third-order valence-electron chi connectivity index (χ3n) is 4.13. The Hall–Kier alpha value is -2.44. The predicted octanol–water partition coefficient (Wildman–Crippen LogP) is 1.61. The summed E-state index contributed by atoms with van der Waals surface area (Å²) in [6, 6.07) is 15.7. The molecular formula is C19H23N3O3. The monoisotopic (exact) mass is 341 g/mol. The van der Waals surface area contributed by atoms with Crippen LogP contribution in [0.25, 0.3) is 0 Å². The molecule has 1 N–H and O–H groups in total. The number of ether oxygens (including phenoxy) is 2. The highest BCUT2D eigenvalue weighted by molar-refractivity contribution is 5.81. The molecule has 1 amide bonds. The molecule has 1 aliphatic rings. The number of nitrogens with zero attached hydrogens (tertiary/aromatic N) is 2. The van der Waals surface area contributed by atoms with E-state index in [0.717, 1.165) is 18.8 Å². The number of benzene rings is 1. The van der Waals surface area contributed by atoms with Crippen molar-refractivity contribution in [3.8, 4) is 5.88 Å². The SMILES string of the molecule is COc1cccc(CNC(=O)[C@H]2CN(Cc3ccccc3)CCO2)n1. The zero-order valence-electron chi connectivity index (χ0n) is 14.4. The second kappa shape index (κ2) is 8.60. The summed E-state index contributed by atoms with van der Waals surface area (Å²) < 4.78 is 10.7. The van der Waals surface area contributed by atoms with E-state index in [9.17, 15) is 4.79 Å². The molecule has 2 aromatic rings. The number of rotatable bonds is 6. The first-order valence-corrected chi connectivity index (χ1v) is 8.40. The van der Waals surface area contributed by atoms with E-state index in [1.807, 2.05) is 30.3 Å². The summed E-state index contributed by atoms with van der Waals surface area (Å²) in [5, 5.41) is 2.90. The van der Waals surface area contributed by atoms with Crippen molar-refractivity contribution >= 4 is 5.91 Å². The van der Waals surface area contributed by atoms with Crippen LogP contribution >= 0.6 is 0 Å². The van der Waals surface area contributed by atoms with Gasteiger partial charge in [-0.3, -0.25) is 9.69 Å². The maximum absolute atomic E-state index is 12.4. The van der Waals surface area contributed by atoms with Crippen LogP contribution in [0.2, 0.25) is 0 Å². The fourth-order valence-corrected chi connectivity index (χ4v) is 2.81. The van der Waals surface area contributed by atoms with Crippen LogP contribution in [0.1, 0.15) is 11.3 Å². The molecule has 1 aromatic heterocycles. The highest BCUT2D eigenvalue weighted by atomic mass is 16.5. The molecule has 25 heavy (non-hydrogen) atoms. The van der Waals surface area contributed by atoms with Crippen LogP contribution in [-0.4, -0.2) is 48.7 Å². The van der Waals surface area contributed by atoms with E-state index in [1.165, 1.54) is 5.56 Å². The largest absolute Gasteiger partial charge is 0.481 e. The average Bonchev–Trinajstić information content (AvgIpc) is 2.67. The van der Waals surface area contributed by atoms with E-state index in [0.29, 0.717) is 25.6 Å². The van der Waals surface area contributed by atoms with E-state index in [1.54, 1.807) is 13.2 Å². The molecule has 3 rings (SSSR count). The molecule has 0 bridgehead atoms. The standard InChI is InChI=1S/C19H23N3O3/c1-24-18-9-5-8-16(21-18)12-20-19(23)17-14-22(10-11-25-17)13-15-6-3-2-4-7-15/h2-9,17H,10-14H2,1H3,(H,20,23)/t17-/m1/s1. The summed E-state index contributed by atoms with van der Waals surface area (Å²) in [5.74, 6) is 0.428. The Bertz CT molecular complexity index is 693. The molecule has 1 fully saturated rings. The normalized spacial score (nSPS) is 17.9. The Morgan fingerprint density at radius 2 is 2.12 bits per heavy atom. The van der Waals surface area contributed by atoms with Crippen molar-refractivity contribution in [2.24, 2.45) is 0 Å². The van der Waals surface area contributed by atoms with Gasteiger partial charge in [-0.05, 0) is 11.6 Å². The molecule has 0 saturated carbocycles. The van der Waals surface area contributed by atoms with Gasteiger partial charge in [0.2, 0.25) is 5.88 Å². The van der Waals surface area contributed by atoms with Gasteiger partial charge >= 0.3 is 0 Å². The minimum absolute atomic E-state index is 0.109. The number of pyridine rings is 1. The van der Waals surface area contributed by atoms with Crippen LogP contribution in [0.15, 0.2) is 48.5 Å². The third kappa shape index (κ3) is 5.01. The number of hydrogen-bond acceptors (Lipinski definition) is 5.